The molecule has 0 radical (unpaired) electrons. The first-order valence-corrected chi connectivity index (χ1v) is 8.19. The number of rotatable bonds is 5. The number of hydrogen-bond donors (Lipinski definition) is 1. The maximum absolute atomic E-state index is 12.4. The van der Waals surface area contributed by atoms with Crippen LogP contribution >= 0.6 is 0 Å². The molecule has 0 aromatic carbocycles. The third kappa shape index (κ3) is 3.33. The smallest absolute Gasteiger partial charge is 0.236 e. The SMILES string of the molecule is CN(CC(=O)N1CCCC(C(O)c2nccn2C)C1)C1CC1. The van der Waals surface area contributed by atoms with Crippen LogP contribution < -0.4 is 0 Å². The van der Waals surface area contributed by atoms with Gasteiger partial charge in [-0.2, -0.15) is 0 Å². The minimum Gasteiger partial charge on any atom is -0.385 e. The van der Waals surface area contributed by atoms with Crippen LogP contribution in [-0.2, 0) is 11.8 Å². The van der Waals surface area contributed by atoms with E-state index in [0.717, 1.165) is 19.4 Å². The molecule has 2 fully saturated rings. The van der Waals surface area contributed by atoms with Crippen LogP contribution in [0.2, 0.25) is 0 Å². The van der Waals surface area contributed by atoms with Gasteiger partial charge in [0.25, 0.3) is 0 Å². The maximum Gasteiger partial charge on any atom is 0.236 e. The van der Waals surface area contributed by atoms with E-state index >= 15 is 0 Å². The molecular formula is C16H26N4O2. The molecular weight excluding hydrogens is 280 g/mol. The Morgan fingerprint density at radius 1 is 1.50 bits per heavy atom. The highest BCUT2D eigenvalue weighted by molar-refractivity contribution is 5.78. The molecule has 122 valence electrons. The van der Waals surface area contributed by atoms with Crippen LogP contribution in [0.3, 0.4) is 0 Å². The lowest BCUT2D eigenvalue weighted by Crippen LogP contribution is -2.46. The van der Waals surface area contributed by atoms with Crippen molar-refractivity contribution in [2.75, 3.05) is 26.7 Å². The standard InChI is InChI=1S/C16H26N4O2/c1-18-9-7-17-16(18)15(22)12-4-3-8-20(10-12)14(21)11-19(2)13-5-6-13/h7,9,12-13,15,22H,3-6,8,10-11H2,1-2H3. The first-order valence-electron chi connectivity index (χ1n) is 8.19. The molecule has 1 aromatic heterocycles. The van der Waals surface area contributed by atoms with E-state index in [4.69, 9.17) is 0 Å². The first-order chi connectivity index (χ1) is 10.6. The topological polar surface area (TPSA) is 61.6 Å². The minimum absolute atomic E-state index is 0.0741. The summed E-state index contributed by atoms with van der Waals surface area (Å²) in [6.45, 7) is 1.93. The van der Waals surface area contributed by atoms with Crippen molar-refractivity contribution in [2.24, 2.45) is 13.0 Å². The van der Waals surface area contributed by atoms with E-state index in [1.165, 1.54) is 12.8 Å². The van der Waals surface area contributed by atoms with E-state index in [0.29, 0.717) is 25.0 Å². The first kappa shape index (κ1) is 15.5. The number of amides is 1. The minimum atomic E-state index is -0.600. The molecule has 22 heavy (non-hydrogen) atoms. The molecule has 6 nitrogen and oxygen atoms in total. The Hall–Kier alpha value is -1.40. The zero-order chi connectivity index (χ0) is 15.7. The predicted octanol–water partition coefficient (Wildman–Crippen LogP) is 0.786. The van der Waals surface area contributed by atoms with E-state index in [-0.39, 0.29) is 11.8 Å². The number of aliphatic hydroxyl groups is 1. The molecule has 3 rings (SSSR count). The fraction of sp³-hybridized carbons (Fsp3) is 0.750. The lowest BCUT2D eigenvalue weighted by Gasteiger charge is -2.35. The van der Waals surface area contributed by atoms with Crippen molar-refractivity contribution in [1.82, 2.24) is 19.4 Å². The Kier molecular flexibility index (Phi) is 4.49. The van der Waals surface area contributed by atoms with Gasteiger partial charge < -0.3 is 14.6 Å². The zero-order valence-electron chi connectivity index (χ0n) is 13.5. The van der Waals surface area contributed by atoms with E-state index < -0.39 is 6.10 Å². The Labute approximate surface area is 131 Å². The van der Waals surface area contributed by atoms with Gasteiger partial charge in [0.1, 0.15) is 11.9 Å². The fourth-order valence-electron chi connectivity index (χ4n) is 3.32. The van der Waals surface area contributed by atoms with Crippen molar-refractivity contribution in [2.45, 2.75) is 37.8 Å². The third-order valence-electron chi connectivity index (χ3n) is 4.93. The number of likely N-dealkylation sites (tertiary alicyclic amines) is 1. The quantitative estimate of drug-likeness (QED) is 0.873. The van der Waals surface area contributed by atoms with Crippen molar-refractivity contribution < 1.29 is 9.90 Å². The summed E-state index contributed by atoms with van der Waals surface area (Å²) >= 11 is 0. The van der Waals surface area contributed by atoms with Crippen LogP contribution in [-0.4, -0.2) is 63.1 Å². The lowest BCUT2D eigenvalue weighted by molar-refractivity contribution is -0.135. The molecule has 0 bridgehead atoms. The summed E-state index contributed by atoms with van der Waals surface area (Å²) in [6.07, 6.45) is 7.26. The van der Waals surface area contributed by atoms with Gasteiger partial charge in [-0.25, -0.2) is 4.98 Å². The number of aryl methyl sites for hydroxylation is 1. The number of likely N-dealkylation sites (N-methyl/N-ethyl adjacent to an activating group) is 1. The van der Waals surface area contributed by atoms with Crippen molar-refractivity contribution in [1.29, 1.82) is 0 Å². The number of piperidine rings is 1. The molecule has 1 saturated carbocycles. The number of carbonyl (C=O) groups is 1. The zero-order valence-corrected chi connectivity index (χ0v) is 13.5. The van der Waals surface area contributed by atoms with Gasteiger partial charge in [-0.1, -0.05) is 0 Å². The van der Waals surface area contributed by atoms with E-state index in [9.17, 15) is 9.90 Å². The highest BCUT2D eigenvalue weighted by Gasteiger charge is 2.33. The van der Waals surface area contributed by atoms with E-state index in [1.54, 1.807) is 6.20 Å². The average Bonchev–Trinajstić information content (AvgIpc) is 3.29. The summed E-state index contributed by atoms with van der Waals surface area (Å²) in [4.78, 5) is 20.8. The molecule has 6 heteroatoms. The number of hydrogen-bond acceptors (Lipinski definition) is 4. The number of imidazole rings is 1. The summed E-state index contributed by atoms with van der Waals surface area (Å²) in [5.41, 5.74) is 0. The summed E-state index contributed by atoms with van der Waals surface area (Å²) in [7, 11) is 3.92. The van der Waals surface area contributed by atoms with Gasteiger partial charge in [0, 0.05) is 44.5 Å². The molecule has 2 atom stereocenters. The Morgan fingerprint density at radius 2 is 2.27 bits per heavy atom. The van der Waals surface area contributed by atoms with Crippen LogP contribution in [0.1, 0.15) is 37.6 Å². The molecule has 1 saturated heterocycles. The van der Waals surface area contributed by atoms with E-state index in [1.807, 2.05) is 29.8 Å². The van der Waals surface area contributed by atoms with Crippen LogP contribution in [0, 0.1) is 5.92 Å². The largest absolute Gasteiger partial charge is 0.385 e. The summed E-state index contributed by atoms with van der Waals surface area (Å²) < 4.78 is 1.85. The third-order valence-corrected chi connectivity index (χ3v) is 4.93. The van der Waals surface area contributed by atoms with Crippen molar-refractivity contribution in [3.05, 3.63) is 18.2 Å². The molecule has 1 aliphatic heterocycles. The molecule has 1 N–H and O–H groups in total. The molecule has 2 aliphatic rings. The Bertz CT molecular complexity index is 526. The highest BCUT2D eigenvalue weighted by Crippen LogP contribution is 2.29. The maximum atomic E-state index is 12.4. The second-order valence-electron chi connectivity index (χ2n) is 6.73. The van der Waals surface area contributed by atoms with Gasteiger partial charge in [-0.05, 0) is 32.7 Å². The van der Waals surface area contributed by atoms with Gasteiger partial charge in [0.05, 0.1) is 6.54 Å². The van der Waals surface area contributed by atoms with E-state index in [2.05, 4.69) is 9.88 Å². The van der Waals surface area contributed by atoms with Crippen LogP contribution in [0.4, 0.5) is 0 Å². The fourth-order valence-corrected chi connectivity index (χ4v) is 3.32. The van der Waals surface area contributed by atoms with Crippen molar-refractivity contribution in [3.63, 3.8) is 0 Å². The summed E-state index contributed by atoms with van der Waals surface area (Å²) in [5.74, 6) is 0.950. The number of carbonyl (C=O) groups excluding carboxylic acids is 1. The molecule has 2 unspecified atom stereocenters. The molecule has 1 amide bonds. The van der Waals surface area contributed by atoms with Gasteiger partial charge in [0.2, 0.25) is 5.91 Å². The summed E-state index contributed by atoms with van der Waals surface area (Å²) in [6, 6.07) is 0.600. The van der Waals surface area contributed by atoms with Gasteiger partial charge in [-0.15, -0.1) is 0 Å². The Balaban J connectivity index is 1.58. The molecule has 1 aromatic rings. The summed E-state index contributed by atoms with van der Waals surface area (Å²) in [5, 5.41) is 10.6. The molecule has 2 heterocycles. The molecule has 0 spiro atoms. The normalized spacial score (nSPS) is 23.8. The van der Waals surface area contributed by atoms with Gasteiger partial charge in [0.15, 0.2) is 0 Å². The van der Waals surface area contributed by atoms with Crippen molar-refractivity contribution in [3.8, 4) is 0 Å². The highest BCUT2D eigenvalue weighted by atomic mass is 16.3. The average molecular weight is 306 g/mol. The Morgan fingerprint density at radius 3 is 2.91 bits per heavy atom. The monoisotopic (exact) mass is 306 g/mol. The van der Waals surface area contributed by atoms with Crippen LogP contribution in [0.15, 0.2) is 12.4 Å². The predicted molar refractivity (Wildman–Crippen MR) is 83.1 cm³/mol. The molecule has 1 aliphatic carbocycles. The second-order valence-corrected chi connectivity index (χ2v) is 6.73. The number of aromatic nitrogens is 2. The van der Waals surface area contributed by atoms with Crippen LogP contribution in [0.25, 0.3) is 0 Å². The van der Waals surface area contributed by atoms with Crippen molar-refractivity contribution >= 4 is 5.91 Å². The lowest BCUT2D eigenvalue weighted by atomic mass is 9.92. The number of nitrogens with zero attached hydrogens (tertiary/aromatic N) is 4. The van der Waals surface area contributed by atoms with Crippen LogP contribution in [0.5, 0.6) is 0 Å². The van der Waals surface area contributed by atoms with Gasteiger partial charge in [-0.3, -0.25) is 9.69 Å². The number of aliphatic hydroxyl groups excluding tert-OH is 1. The second kappa shape index (κ2) is 6.38. The van der Waals surface area contributed by atoms with Gasteiger partial charge >= 0.3 is 0 Å².